The van der Waals surface area contributed by atoms with Gasteiger partial charge in [0.1, 0.15) is 11.5 Å². The third kappa shape index (κ3) is 4.54. The van der Waals surface area contributed by atoms with Gasteiger partial charge in [0.25, 0.3) is 5.60 Å². The number of rotatable bonds is 6. The summed E-state index contributed by atoms with van der Waals surface area (Å²) >= 11 is 0. The summed E-state index contributed by atoms with van der Waals surface area (Å²) in [5.74, 6) is 1.12. The molecule has 0 aliphatic rings. The predicted molar refractivity (Wildman–Crippen MR) is 117 cm³/mol. The number of hydrogen-bond acceptors (Lipinski definition) is 3. The first kappa shape index (κ1) is 24.8. The minimum absolute atomic E-state index is 0.136. The Bertz CT molecular complexity index is 1320. The molecule has 4 rings (SSSR count). The SMILES string of the molecule is Cc1oc(CCc2ccccc2)nc1Cn1c(C)cc2cc(C(O)(C(F)(F)F)C(F)(F)F)ccc21. The van der Waals surface area contributed by atoms with Crippen LogP contribution in [0.1, 0.15) is 34.2 Å². The normalized spacial score (nSPS) is 13.1. The Morgan fingerprint density at radius 2 is 1.54 bits per heavy atom. The number of aliphatic hydroxyl groups is 1. The molecule has 0 aliphatic heterocycles. The van der Waals surface area contributed by atoms with Crippen molar-refractivity contribution in [3.05, 3.63) is 88.8 Å². The van der Waals surface area contributed by atoms with E-state index in [2.05, 4.69) is 4.98 Å². The van der Waals surface area contributed by atoms with Crippen LogP contribution in [0.5, 0.6) is 0 Å². The van der Waals surface area contributed by atoms with Crippen molar-refractivity contribution in [1.29, 1.82) is 0 Å². The van der Waals surface area contributed by atoms with Crippen molar-refractivity contribution in [1.82, 2.24) is 9.55 Å². The van der Waals surface area contributed by atoms with E-state index in [1.54, 1.807) is 18.4 Å². The summed E-state index contributed by atoms with van der Waals surface area (Å²) in [6.07, 6.45) is -10.6. The van der Waals surface area contributed by atoms with E-state index in [1.165, 1.54) is 6.07 Å². The number of hydrogen-bond donors (Lipinski definition) is 1. The molecule has 0 amide bonds. The van der Waals surface area contributed by atoms with Crippen LogP contribution in [0, 0.1) is 13.8 Å². The van der Waals surface area contributed by atoms with E-state index in [1.807, 2.05) is 30.3 Å². The van der Waals surface area contributed by atoms with Gasteiger partial charge >= 0.3 is 12.4 Å². The first-order valence-corrected chi connectivity index (χ1v) is 10.8. The van der Waals surface area contributed by atoms with Gasteiger partial charge in [-0.1, -0.05) is 36.4 Å². The molecule has 0 bridgehead atoms. The molecule has 4 nitrogen and oxygen atoms in total. The molecule has 1 N–H and O–H groups in total. The van der Waals surface area contributed by atoms with E-state index in [0.29, 0.717) is 41.0 Å². The monoisotopic (exact) mass is 496 g/mol. The van der Waals surface area contributed by atoms with Crippen LogP contribution in [0.25, 0.3) is 10.9 Å². The Hall–Kier alpha value is -3.27. The van der Waals surface area contributed by atoms with Crippen molar-refractivity contribution >= 4 is 10.9 Å². The van der Waals surface area contributed by atoms with Gasteiger partial charge in [-0.05, 0) is 44.0 Å². The predicted octanol–water partition coefficient (Wildman–Crippen LogP) is 6.39. The van der Waals surface area contributed by atoms with E-state index >= 15 is 0 Å². The molecule has 2 aromatic heterocycles. The van der Waals surface area contributed by atoms with Crippen molar-refractivity contribution in [2.75, 3.05) is 0 Å². The summed E-state index contributed by atoms with van der Waals surface area (Å²) in [5, 5.41) is 9.86. The molecule has 0 aliphatic carbocycles. The van der Waals surface area contributed by atoms with E-state index < -0.39 is 23.5 Å². The molecule has 0 atom stereocenters. The molecule has 4 aromatic rings. The maximum atomic E-state index is 13.3. The van der Waals surface area contributed by atoms with Crippen LogP contribution in [0.3, 0.4) is 0 Å². The number of aryl methyl sites for hydroxylation is 4. The lowest BCUT2D eigenvalue weighted by Gasteiger charge is -2.32. The molecular formula is C25H22F6N2O2. The Morgan fingerprint density at radius 1 is 0.886 bits per heavy atom. The number of benzene rings is 2. The molecule has 10 heteroatoms. The molecular weight excluding hydrogens is 474 g/mol. The number of halogens is 6. The summed E-state index contributed by atoms with van der Waals surface area (Å²) in [5.41, 5.74) is -3.51. The minimum atomic E-state index is -5.94. The van der Waals surface area contributed by atoms with Gasteiger partial charge in [-0.3, -0.25) is 0 Å². The summed E-state index contributed by atoms with van der Waals surface area (Å²) in [6.45, 7) is 3.66. The number of fused-ring (bicyclic) bond motifs is 1. The van der Waals surface area contributed by atoms with Gasteiger partial charge in [-0.25, -0.2) is 4.98 Å². The van der Waals surface area contributed by atoms with Crippen LogP contribution in [-0.4, -0.2) is 27.0 Å². The standard InChI is InChI=1S/C25H22F6N2O2/c1-15-12-18-13-19(23(34,24(26,27)28)25(29,30)31)9-10-21(18)33(15)14-20-16(2)35-22(32-20)11-8-17-6-4-3-5-7-17/h3-7,9-10,12-13,34H,8,11,14H2,1-2H3. The van der Waals surface area contributed by atoms with Crippen molar-refractivity contribution in [3.63, 3.8) is 0 Å². The van der Waals surface area contributed by atoms with Crippen molar-refractivity contribution in [2.24, 2.45) is 0 Å². The van der Waals surface area contributed by atoms with E-state index in [0.717, 1.165) is 24.1 Å². The van der Waals surface area contributed by atoms with Crippen LogP contribution in [-0.2, 0) is 25.0 Å². The second-order valence-corrected chi connectivity index (χ2v) is 8.45. The smallest absolute Gasteiger partial charge is 0.430 e. The van der Waals surface area contributed by atoms with E-state index in [-0.39, 0.29) is 11.9 Å². The van der Waals surface area contributed by atoms with E-state index in [9.17, 15) is 31.4 Å². The molecule has 0 fully saturated rings. The van der Waals surface area contributed by atoms with Crippen LogP contribution in [0.4, 0.5) is 26.3 Å². The molecule has 0 spiro atoms. The summed E-state index contributed by atoms with van der Waals surface area (Å²) in [6, 6.07) is 13.8. The fourth-order valence-corrected chi connectivity index (χ4v) is 4.12. The third-order valence-electron chi connectivity index (χ3n) is 6.06. The quantitative estimate of drug-likeness (QED) is 0.315. The first-order chi connectivity index (χ1) is 16.3. The highest BCUT2D eigenvalue weighted by Gasteiger charge is 2.71. The maximum Gasteiger partial charge on any atom is 0.430 e. The van der Waals surface area contributed by atoms with Gasteiger partial charge in [0.15, 0.2) is 5.89 Å². The topological polar surface area (TPSA) is 51.2 Å². The van der Waals surface area contributed by atoms with Crippen LogP contribution < -0.4 is 0 Å². The lowest BCUT2D eigenvalue weighted by atomic mass is 9.91. The largest absolute Gasteiger partial charge is 0.446 e. The van der Waals surface area contributed by atoms with Crippen LogP contribution in [0.15, 0.2) is 59.0 Å². The zero-order chi connectivity index (χ0) is 25.6. The van der Waals surface area contributed by atoms with Gasteiger partial charge in [0, 0.05) is 28.6 Å². The van der Waals surface area contributed by atoms with Gasteiger partial charge in [-0.15, -0.1) is 0 Å². The number of oxazole rings is 1. The molecule has 0 saturated heterocycles. The van der Waals surface area contributed by atoms with Gasteiger partial charge < -0.3 is 14.1 Å². The zero-order valence-corrected chi connectivity index (χ0v) is 18.8. The number of nitrogens with zero attached hydrogens (tertiary/aromatic N) is 2. The summed E-state index contributed by atoms with van der Waals surface area (Å²) in [4.78, 5) is 4.54. The van der Waals surface area contributed by atoms with Crippen molar-refractivity contribution in [3.8, 4) is 0 Å². The Labute approximate surface area is 196 Å². The van der Waals surface area contributed by atoms with E-state index in [4.69, 9.17) is 4.42 Å². The summed E-state index contributed by atoms with van der Waals surface area (Å²) in [7, 11) is 0. The molecule has 2 aromatic carbocycles. The highest BCUT2D eigenvalue weighted by atomic mass is 19.4. The average Bonchev–Trinajstić information content (AvgIpc) is 3.29. The van der Waals surface area contributed by atoms with Crippen LogP contribution in [0.2, 0.25) is 0 Å². The first-order valence-electron chi connectivity index (χ1n) is 10.8. The fourth-order valence-electron chi connectivity index (χ4n) is 4.12. The minimum Gasteiger partial charge on any atom is -0.446 e. The second kappa shape index (κ2) is 8.75. The van der Waals surface area contributed by atoms with Gasteiger partial charge in [0.05, 0.1) is 6.54 Å². The van der Waals surface area contributed by atoms with Crippen LogP contribution >= 0.6 is 0 Å². The molecule has 0 unspecified atom stereocenters. The fraction of sp³-hybridized carbons (Fsp3) is 0.320. The highest BCUT2D eigenvalue weighted by Crippen LogP contribution is 2.50. The number of alkyl halides is 6. The van der Waals surface area contributed by atoms with Gasteiger partial charge in [-0.2, -0.15) is 26.3 Å². The number of aromatic nitrogens is 2. The molecule has 2 heterocycles. The molecule has 0 radical (unpaired) electrons. The molecule has 0 saturated carbocycles. The van der Waals surface area contributed by atoms with Crippen molar-refractivity contribution < 1.29 is 35.9 Å². The maximum absolute atomic E-state index is 13.3. The lowest BCUT2D eigenvalue weighted by molar-refractivity contribution is -0.376. The second-order valence-electron chi connectivity index (χ2n) is 8.45. The Balaban J connectivity index is 1.63. The van der Waals surface area contributed by atoms with Crippen molar-refractivity contribution in [2.45, 2.75) is 51.2 Å². The lowest BCUT2D eigenvalue weighted by Crippen LogP contribution is -2.53. The summed E-state index contributed by atoms with van der Waals surface area (Å²) < 4.78 is 87.2. The zero-order valence-electron chi connectivity index (χ0n) is 18.8. The Morgan fingerprint density at radius 3 is 2.17 bits per heavy atom. The van der Waals surface area contributed by atoms with Gasteiger partial charge in [0.2, 0.25) is 0 Å². The highest BCUT2D eigenvalue weighted by molar-refractivity contribution is 5.82. The third-order valence-corrected chi connectivity index (χ3v) is 6.06. The molecule has 35 heavy (non-hydrogen) atoms. The molecule has 186 valence electrons. The average molecular weight is 496 g/mol. The Kier molecular flexibility index (Phi) is 6.21.